The standard InChI is InChI=1S/C58H72N10O13/c1-36(2)53(65-51(73)19-20-52(74)80-29-28-67-26-24-66(25-27-67)23-22-60-33-43-48(70)30-39(31-49(43)71)38-8-4-3-5-9-38)55(76)63-46(12-7-21-61-57(59)78)54(75)62-40-15-13-37(14-16-40)35-81-58(79)64-45-11-6-10-42-44(45)34-68(56(42)77)47-18-17-41(69)32-50(47)72/h3-6,8-11,13-16,33,36,39,46-47,53,70H,7,12,17-32,34-35H2,1-2H3,(H,62,75)(H,63,76)(H,64,79)(H,65,73)(H3,59,61,78)/t39?,46-,47?,53-/m0/s1. The average Bonchev–Trinajstić information content (AvgIpc) is 3.78. The van der Waals surface area contributed by atoms with Crippen molar-refractivity contribution in [2.75, 3.05) is 69.6 Å². The Morgan fingerprint density at radius 2 is 1.56 bits per heavy atom. The van der Waals surface area contributed by atoms with Gasteiger partial charge in [0, 0.05) is 107 Å². The number of Topliss-reactive ketones (excluding diaryl/α,β-unsaturated/α-hetero) is 3. The smallest absolute Gasteiger partial charge is 0.411 e. The number of urea groups is 1. The lowest BCUT2D eigenvalue weighted by molar-refractivity contribution is -0.145. The third kappa shape index (κ3) is 17.6. The van der Waals surface area contributed by atoms with Crippen molar-refractivity contribution in [2.24, 2.45) is 16.6 Å². The fourth-order valence-electron chi connectivity index (χ4n) is 10.1. The van der Waals surface area contributed by atoms with Gasteiger partial charge in [0.15, 0.2) is 11.6 Å². The number of aliphatic imine (C=N–C) groups is 1. The lowest BCUT2D eigenvalue weighted by Crippen LogP contribution is -2.54. The topological polar surface area (TPSA) is 318 Å². The van der Waals surface area contributed by atoms with Crippen LogP contribution in [0.3, 0.4) is 0 Å². The first-order chi connectivity index (χ1) is 38.9. The maximum Gasteiger partial charge on any atom is 0.411 e. The maximum atomic E-state index is 13.7. The van der Waals surface area contributed by atoms with Crippen molar-refractivity contribution in [2.45, 2.75) is 109 Å². The van der Waals surface area contributed by atoms with Gasteiger partial charge >= 0.3 is 18.1 Å². The number of aliphatic hydroxyl groups is 1. The summed E-state index contributed by atoms with van der Waals surface area (Å²) in [5.74, 6) is -3.68. The molecule has 2 aliphatic heterocycles. The first-order valence-corrected chi connectivity index (χ1v) is 27.5. The van der Waals surface area contributed by atoms with Crippen LogP contribution in [-0.2, 0) is 56.2 Å². The number of allylic oxidation sites excluding steroid dienone is 2. The number of carbonyl (C=O) groups excluding carboxylic acids is 10. The van der Waals surface area contributed by atoms with Crippen LogP contribution in [0.15, 0.2) is 89.1 Å². The molecule has 4 aliphatic rings. The van der Waals surface area contributed by atoms with Crippen molar-refractivity contribution in [1.82, 2.24) is 30.7 Å². The number of benzene rings is 3. The van der Waals surface area contributed by atoms with Crippen molar-refractivity contribution in [3.63, 3.8) is 0 Å². The lowest BCUT2D eigenvalue weighted by atomic mass is 9.83. The fraction of sp³-hybridized carbons (Fsp3) is 0.466. The number of esters is 1. The molecule has 7 rings (SSSR count). The number of aliphatic hydroxyl groups excluding tert-OH is 1. The molecule has 23 nitrogen and oxygen atoms in total. The SMILES string of the molecule is CC(C)[C@H](NC(=O)CCC(=O)OCCN1CCN(CCN=CC2=C(O)CC(c3ccccc3)CC2=O)CC1)C(=O)N[C@@H](CCCNC(N)=O)C(=O)Nc1ccc(COC(=O)Nc2cccc3c2CN(C2CCC(=O)CC2=O)C3=O)cc1. The highest BCUT2D eigenvalue weighted by molar-refractivity contribution is 6.14. The monoisotopic (exact) mass is 1120 g/mol. The molecule has 23 heteroatoms. The van der Waals surface area contributed by atoms with Gasteiger partial charge in [-0.1, -0.05) is 62.4 Å². The highest BCUT2D eigenvalue weighted by Crippen LogP contribution is 2.34. The minimum atomic E-state index is -1.12. The van der Waals surface area contributed by atoms with Gasteiger partial charge in [-0.25, -0.2) is 9.59 Å². The highest BCUT2D eigenvalue weighted by Gasteiger charge is 2.40. The number of rotatable bonds is 25. The van der Waals surface area contributed by atoms with Crippen LogP contribution in [0, 0.1) is 5.92 Å². The summed E-state index contributed by atoms with van der Waals surface area (Å²) in [6, 6.07) is 17.3. The number of hydrogen-bond acceptors (Lipinski definition) is 16. The summed E-state index contributed by atoms with van der Waals surface area (Å²) in [6.07, 6.45) is 1.56. The van der Waals surface area contributed by atoms with E-state index in [1.807, 2.05) is 30.3 Å². The summed E-state index contributed by atoms with van der Waals surface area (Å²) in [7, 11) is 0. The Labute approximate surface area is 469 Å². The number of nitrogens with two attached hydrogens (primary N) is 1. The molecule has 1 saturated carbocycles. The Hall–Kier alpha value is -8.31. The number of primary amides is 1. The second-order valence-electron chi connectivity index (χ2n) is 20.9. The molecular formula is C58H72N10O13. The number of ether oxygens (including phenoxy) is 2. The zero-order valence-corrected chi connectivity index (χ0v) is 45.7. The molecule has 2 heterocycles. The van der Waals surface area contributed by atoms with Gasteiger partial charge in [0.2, 0.25) is 17.7 Å². The Morgan fingerprint density at radius 3 is 2.25 bits per heavy atom. The summed E-state index contributed by atoms with van der Waals surface area (Å²) in [4.78, 5) is 138. The Morgan fingerprint density at radius 1 is 0.827 bits per heavy atom. The lowest BCUT2D eigenvalue weighted by Gasteiger charge is -2.34. The first kappa shape index (κ1) is 60.3. The predicted molar refractivity (Wildman–Crippen MR) is 298 cm³/mol. The number of nitrogens with one attached hydrogen (secondary N) is 5. The third-order valence-corrected chi connectivity index (χ3v) is 14.7. The van der Waals surface area contributed by atoms with Gasteiger partial charge in [-0.3, -0.25) is 58.5 Å². The van der Waals surface area contributed by atoms with Gasteiger partial charge in [-0.15, -0.1) is 0 Å². The number of nitrogens with zero attached hydrogens (tertiary/aromatic N) is 4. The molecule has 0 bridgehead atoms. The van der Waals surface area contributed by atoms with E-state index in [1.165, 1.54) is 11.1 Å². The van der Waals surface area contributed by atoms with Crippen LogP contribution in [0.25, 0.3) is 0 Å². The number of carbonyl (C=O) groups is 10. The van der Waals surface area contributed by atoms with E-state index in [9.17, 15) is 53.1 Å². The second-order valence-corrected chi connectivity index (χ2v) is 20.9. The predicted octanol–water partition coefficient (Wildman–Crippen LogP) is 4.07. The van der Waals surface area contributed by atoms with Gasteiger partial charge in [0.25, 0.3) is 5.91 Å². The Bertz CT molecular complexity index is 2870. The quantitative estimate of drug-likeness (QED) is 0.0272. The molecule has 81 heavy (non-hydrogen) atoms. The van der Waals surface area contributed by atoms with Gasteiger partial charge in [-0.05, 0) is 66.5 Å². The van der Waals surface area contributed by atoms with Crippen molar-refractivity contribution < 1.29 is 62.5 Å². The highest BCUT2D eigenvalue weighted by atomic mass is 16.5. The van der Waals surface area contributed by atoms with E-state index in [4.69, 9.17) is 15.2 Å². The number of fused-ring (bicyclic) bond motifs is 1. The van der Waals surface area contributed by atoms with Gasteiger partial charge in [-0.2, -0.15) is 0 Å². The molecule has 8 N–H and O–H groups in total. The summed E-state index contributed by atoms with van der Waals surface area (Å²) in [6.45, 7) is 8.35. The minimum absolute atomic E-state index is 0.0468. The molecule has 0 aromatic heterocycles. The van der Waals surface area contributed by atoms with E-state index in [0.717, 1.165) is 31.7 Å². The molecule has 3 aromatic rings. The normalized spacial score (nSPS) is 18.5. The van der Waals surface area contributed by atoms with Gasteiger partial charge in [0.1, 0.15) is 36.8 Å². The van der Waals surface area contributed by atoms with Gasteiger partial charge in [0.05, 0.1) is 31.0 Å². The maximum absolute atomic E-state index is 13.7. The summed E-state index contributed by atoms with van der Waals surface area (Å²) in [5, 5.41) is 23.9. The molecule has 2 aliphatic carbocycles. The van der Waals surface area contributed by atoms with Crippen molar-refractivity contribution in [3.05, 3.63) is 106 Å². The van der Waals surface area contributed by atoms with Crippen molar-refractivity contribution in [3.8, 4) is 0 Å². The van der Waals surface area contributed by atoms with Crippen LogP contribution in [0.1, 0.15) is 105 Å². The molecule has 4 atom stereocenters. The van der Waals surface area contributed by atoms with Crippen LogP contribution in [0.2, 0.25) is 0 Å². The number of piperazine rings is 1. The first-order valence-electron chi connectivity index (χ1n) is 27.5. The number of amides is 7. The van der Waals surface area contributed by atoms with E-state index in [2.05, 4.69) is 41.4 Å². The molecular weight excluding hydrogens is 1040 g/mol. The van der Waals surface area contributed by atoms with Crippen LogP contribution >= 0.6 is 0 Å². The minimum Gasteiger partial charge on any atom is -0.511 e. The van der Waals surface area contributed by atoms with Crippen LogP contribution in [-0.4, -0.2) is 162 Å². The Kier molecular flexibility index (Phi) is 21.8. The van der Waals surface area contributed by atoms with E-state index in [-0.39, 0.29) is 112 Å². The van der Waals surface area contributed by atoms with E-state index < -0.39 is 59.9 Å². The number of ketones is 3. The van der Waals surface area contributed by atoms with Crippen LogP contribution in [0.4, 0.5) is 21.0 Å². The van der Waals surface area contributed by atoms with Crippen LogP contribution < -0.4 is 32.3 Å². The number of hydrogen-bond donors (Lipinski definition) is 7. The Balaban J connectivity index is 0.801. The zero-order valence-electron chi connectivity index (χ0n) is 45.7. The molecule has 0 radical (unpaired) electrons. The molecule has 0 spiro atoms. The molecule has 2 unspecified atom stereocenters. The summed E-state index contributed by atoms with van der Waals surface area (Å²) >= 11 is 0. The molecule has 3 aromatic carbocycles. The van der Waals surface area contributed by atoms with Crippen molar-refractivity contribution in [1.29, 1.82) is 0 Å². The zero-order chi connectivity index (χ0) is 58.0. The molecule has 1 saturated heterocycles. The van der Waals surface area contributed by atoms with Crippen LogP contribution in [0.5, 0.6) is 0 Å². The second kappa shape index (κ2) is 29.2. The molecule has 432 valence electrons. The van der Waals surface area contributed by atoms with E-state index >= 15 is 0 Å². The number of anilines is 2. The largest absolute Gasteiger partial charge is 0.511 e. The van der Waals surface area contributed by atoms with Crippen molar-refractivity contribution >= 4 is 76.7 Å². The van der Waals surface area contributed by atoms with E-state index in [1.54, 1.807) is 56.3 Å². The molecule has 7 amide bonds. The summed E-state index contributed by atoms with van der Waals surface area (Å²) < 4.78 is 10.9. The molecule has 2 fully saturated rings. The average molecular weight is 1120 g/mol. The fourth-order valence-corrected chi connectivity index (χ4v) is 10.1. The van der Waals surface area contributed by atoms with Gasteiger partial charge < -0.3 is 46.5 Å². The van der Waals surface area contributed by atoms with E-state index in [0.29, 0.717) is 60.5 Å². The summed E-state index contributed by atoms with van der Waals surface area (Å²) in [5.41, 5.74) is 8.67. The third-order valence-electron chi connectivity index (χ3n) is 14.7.